The van der Waals surface area contributed by atoms with Crippen molar-refractivity contribution in [2.24, 2.45) is 0 Å². The van der Waals surface area contributed by atoms with Gasteiger partial charge in [-0.25, -0.2) is 0 Å². The minimum atomic E-state index is -0.943. The Balaban J connectivity index is 2.39. The lowest BCUT2D eigenvalue weighted by Crippen LogP contribution is -2.44. The van der Waals surface area contributed by atoms with Crippen LogP contribution >= 0.6 is 11.3 Å². The number of hydrogen-bond donors (Lipinski definition) is 2. The summed E-state index contributed by atoms with van der Waals surface area (Å²) in [6.07, 6.45) is 0. The van der Waals surface area contributed by atoms with E-state index < -0.39 is 5.60 Å². The summed E-state index contributed by atoms with van der Waals surface area (Å²) in [4.78, 5) is 24.7. The topological polar surface area (TPSA) is 69.6 Å². The molecule has 0 radical (unpaired) electrons. The Bertz CT molecular complexity index is 409. The fraction of sp³-hybridized carbons (Fsp3) is 0.500. The van der Waals surface area contributed by atoms with Crippen molar-refractivity contribution < 1.29 is 14.7 Å². The summed E-state index contributed by atoms with van der Waals surface area (Å²) < 4.78 is 0. The maximum Gasteiger partial charge on any atom is 0.252 e. The molecule has 0 saturated heterocycles. The predicted molar refractivity (Wildman–Crippen MR) is 70.6 cm³/mol. The van der Waals surface area contributed by atoms with Crippen LogP contribution in [0.1, 0.15) is 24.2 Å². The molecule has 0 bridgehead atoms. The second kappa shape index (κ2) is 5.97. The fourth-order valence-corrected chi connectivity index (χ4v) is 2.09. The molecule has 0 aliphatic rings. The molecular formula is C12H18N2O3S. The number of amides is 2. The molecule has 0 atom stereocenters. The summed E-state index contributed by atoms with van der Waals surface area (Å²) >= 11 is 1.43. The van der Waals surface area contributed by atoms with E-state index in [1.807, 2.05) is 0 Å². The van der Waals surface area contributed by atoms with Crippen LogP contribution in [0.25, 0.3) is 0 Å². The first-order chi connectivity index (χ1) is 8.29. The van der Waals surface area contributed by atoms with E-state index in [0.717, 1.165) is 0 Å². The van der Waals surface area contributed by atoms with Crippen LogP contribution in [0.4, 0.5) is 0 Å². The average molecular weight is 270 g/mol. The molecule has 100 valence electrons. The maximum atomic E-state index is 11.7. The Kier molecular flexibility index (Phi) is 4.86. The Morgan fingerprint density at radius 3 is 2.67 bits per heavy atom. The number of thiophene rings is 1. The summed E-state index contributed by atoms with van der Waals surface area (Å²) in [6, 6.07) is 1.70. The van der Waals surface area contributed by atoms with Crippen LogP contribution in [0.5, 0.6) is 0 Å². The molecule has 2 amide bonds. The number of aliphatic hydroxyl groups is 1. The molecular weight excluding hydrogens is 252 g/mol. The molecule has 1 aromatic rings. The van der Waals surface area contributed by atoms with Gasteiger partial charge in [-0.05, 0) is 25.3 Å². The van der Waals surface area contributed by atoms with Crippen LogP contribution in [-0.4, -0.2) is 47.6 Å². The molecule has 6 heteroatoms. The molecule has 0 spiro atoms. The molecule has 0 aliphatic carbocycles. The quantitative estimate of drug-likeness (QED) is 0.828. The smallest absolute Gasteiger partial charge is 0.252 e. The number of hydrogen-bond acceptors (Lipinski definition) is 4. The van der Waals surface area contributed by atoms with Gasteiger partial charge >= 0.3 is 0 Å². The molecule has 0 aromatic carbocycles. The van der Waals surface area contributed by atoms with Gasteiger partial charge in [-0.15, -0.1) is 0 Å². The summed E-state index contributed by atoms with van der Waals surface area (Å²) in [5.74, 6) is -0.498. The Hall–Kier alpha value is -1.40. The minimum Gasteiger partial charge on any atom is -0.389 e. The van der Waals surface area contributed by atoms with E-state index in [1.54, 1.807) is 37.7 Å². The zero-order valence-corrected chi connectivity index (χ0v) is 11.6. The highest BCUT2D eigenvalue weighted by Crippen LogP contribution is 2.05. The number of rotatable bonds is 5. The largest absolute Gasteiger partial charge is 0.389 e. The van der Waals surface area contributed by atoms with Crippen LogP contribution in [0, 0.1) is 0 Å². The van der Waals surface area contributed by atoms with Crippen LogP contribution in [0.15, 0.2) is 16.8 Å². The molecule has 2 N–H and O–H groups in total. The highest BCUT2D eigenvalue weighted by atomic mass is 32.1. The maximum absolute atomic E-state index is 11.7. The van der Waals surface area contributed by atoms with Gasteiger partial charge in [0.25, 0.3) is 5.91 Å². The van der Waals surface area contributed by atoms with Crippen molar-refractivity contribution in [3.05, 3.63) is 22.4 Å². The van der Waals surface area contributed by atoms with Gasteiger partial charge < -0.3 is 15.3 Å². The van der Waals surface area contributed by atoms with Crippen LogP contribution in [-0.2, 0) is 4.79 Å². The highest BCUT2D eigenvalue weighted by molar-refractivity contribution is 7.08. The van der Waals surface area contributed by atoms with Crippen LogP contribution in [0.2, 0.25) is 0 Å². The summed E-state index contributed by atoms with van der Waals surface area (Å²) in [7, 11) is 1.59. The zero-order chi connectivity index (χ0) is 13.8. The number of carbonyl (C=O) groups excluding carboxylic acids is 2. The number of likely N-dealkylation sites (N-methyl/N-ethyl adjacent to an activating group) is 1. The van der Waals surface area contributed by atoms with E-state index in [4.69, 9.17) is 0 Å². The Morgan fingerprint density at radius 1 is 1.50 bits per heavy atom. The average Bonchev–Trinajstić information content (AvgIpc) is 2.76. The first kappa shape index (κ1) is 14.7. The molecule has 1 rings (SSSR count). The van der Waals surface area contributed by atoms with Gasteiger partial charge in [0.1, 0.15) is 0 Å². The van der Waals surface area contributed by atoms with Gasteiger partial charge in [0, 0.05) is 24.5 Å². The summed E-state index contributed by atoms with van der Waals surface area (Å²) in [6.45, 7) is 3.41. The van der Waals surface area contributed by atoms with Crippen molar-refractivity contribution in [1.82, 2.24) is 10.2 Å². The van der Waals surface area contributed by atoms with Crippen LogP contribution in [0.3, 0.4) is 0 Å². The molecule has 1 heterocycles. The SMILES string of the molecule is CN(CC(C)(C)O)C(=O)CNC(=O)c1ccsc1. The molecule has 0 saturated carbocycles. The normalized spacial score (nSPS) is 11.1. The van der Waals surface area contributed by atoms with Crippen molar-refractivity contribution in [3.8, 4) is 0 Å². The fourth-order valence-electron chi connectivity index (χ4n) is 1.46. The summed E-state index contributed by atoms with van der Waals surface area (Å²) in [5, 5.41) is 15.7. The lowest BCUT2D eigenvalue weighted by molar-refractivity contribution is -0.131. The van der Waals surface area contributed by atoms with E-state index in [0.29, 0.717) is 5.56 Å². The third kappa shape index (κ3) is 4.85. The van der Waals surface area contributed by atoms with Crippen molar-refractivity contribution in [2.75, 3.05) is 20.1 Å². The van der Waals surface area contributed by atoms with E-state index in [1.165, 1.54) is 16.2 Å². The van der Waals surface area contributed by atoms with Crippen LogP contribution < -0.4 is 5.32 Å². The van der Waals surface area contributed by atoms with Crippen molar-refractivity contribution in [1.29, 1.82) is 0 Å². The first-order valence-corrected chi connectivity index (χ1v) is 6.50. The van der Waals surface area contributed by atoms with Crippen molar-refractivity contribution >= 4 is 23.2 Å². The van der Waals surface area contributed by atoms with E-state index in [-0.39, 0.29) is 24.9 Å². The minimum absolute atomic E-state index is 0.0682. The molecule has 0 fully saturated rings. The van der Waals surface area contributed by atoms with Gasteiger partial charge in [0.15, 0.2) is 0 Å². The number of nitrogens with one attached hydrogen (secondary N) is 1. The second-order valence-electron chi connectivity index (χ2n) is 4.76. The van der Waals surface area contributed by atoms with Gasteiger partial charge in [-0.1, -0.05) is 0 Å². The standard InChI is InChI=1S/C12H18N2O3S/c1-12(2,17)8-14(3)10(15)6-13-11(16)9-4-5-18-7-9/h4-5,7,17H,6,8H2,1-3H3,(H,13,16). The monoisotopic (exact) mass is 270 g/mol. The summed E-state index contributed by atoms with van der Waals surface area (Å²) in [5.41, 5.74) is -0.389. The second-order valence-corrected chi connectivity index (χ2v) is 5.54. The third-order valence-electron chi connectivity index (χ3n) is 2.23. The predicted octanol–water partition coefficient (Wildman–Crippen LogP) is 0.707. The Labute approximate surface area is 110 Å². The third-order valence-corrected chi connectivity index (χ3v) is 2.92. The van der Waals surface area contributed by atoms with E-state index in [9.17, 15) is 14.7 Å². The van der Waals surface area contributed by atoms with Crippen molar-refractivity contribution in [2.45, 2.75) is 19.4 Å². The van der Waals surface area contributed by atoms with Gasteiger partial charge in [0.05, 0.1) is 12.1 Å². The number of nitrogens with zero attached hydrogens (tertiary/aromatic N) is 1. The van der Waals surface area contributed by atoms with E-state index in [2.05, 4.69) is 5.32 Å². The molecule has 0 unspecified atom stereocenters. The van der Waals surface area contributed by atoms with Gasteiger partial charge in [-0.3, -0.25) is 9.59 Å². The lowest BCUT2D eigenvalue weighted by Gasteiger charge is -2.25. The molecule has 18 heavy (non-hydrogen) atoms. The molecule has 1 aromatic heterocycles. The van der Waals surface area contributed by atoms with Crippen molar-refractivity contribution in [3.63, 3.8) is 0 Å². The highest BCUT2D eigenvalue weighted by Gasteiger charge is 2.19. The van der Waals surface area contributed by atoms with Gasteiger partial charge in [-0.2, -0.15) is 11.3 Å². The molecule has 5 nitrogen and oxygen atoms in total. The first-order valence-electron chi connectivity index (χ1n) is 5.56. The lowest BCUT2D eigenvalue weighted by atomic mass is 10.1. The van der Waals surface area contributed by atoms with Gasteiger partial charge in [0.2, 0.25) is 5.91 Å². The zero-order valence-electron chi connectivity index (χ0n) is 10.8. The Morgan fingerprint density at radius 2 is 2.17 bits per heavy atom. The number of carbonyl (C=O) groups is 2. The van der Waals surface area contributed by atoms with E-state index >= 15 is 0 Å². The molecule has 0 aliphatic heterocycles.